The van der Waals surface area contributed by atoms with E-state index in [1.165, 1.54) is 30.4 Å². The Morgan fingerprint density at radius 3 is 2.24 bits per heavy atom. The van der Waals surface area contributed by atoms with Crippen LogP contribution in [0.3, 0.4) is 0 Å². The summed E-state index contributed by atoms with van der Waals surface area (Å²) in [7, 11) is 0. The second-order valence-electron chi connectivity index (χ2n) is 8.82. The molecular formula is C30H36O3. The molecule has 3 heteroatoms. The first-order valence-corrected chi connectivity index (χ1v) is 12.2. The maximum atomic E-state index is 12.9. The third-order valence-corrected chi connectivity index (χ3v) is 5.94. The average Bonchev–Trinajstić information content (AvgIpc) is 2.84. The molecule has 33 heavy (non-hydrogen) atoms. The van der Waals surface area contributed by atoms with Crippen molar-refractivity contribution in [3.05, 3.63) is 95.6 Å². The minimum atomic E-state index is -0.394. The summed E-state index contributed by atoms with van der Waals surface area (Å²) < 4.78 is 11.8. The van der Waals surface area contributed by atoms with Crippen LogP contribution in [0.5, 0.6) is 11.5 Å². The molecule has 0 radical (unpaired) electrons. The maximum absolute atomic E-state index is 12.9. The third-order valence-electron chi connectivity index (χ3n) is 5.94. The first-order valence-electron chi connectivity index (χ1n) is 12.2. The Balaban J connectivity index is 1.57. The lowest BCUT2D eigenvalue weighted by Crippen LogP contribution is -2.16. The molecular weight excluding hydrogens is 408 g/mol. The normalized spacial score (nSPS) is 12.7. The van der Waals surface area contributed by atoms with Gasteiger partial charge in [-0.1, -0.05) is 87.7 Å². The van der Waals surface area contributed by atoms with Gasteiger partial charge < -0.3 is 9.47 Å². The quantitative estimate of drug-likeness (QED) is 0.161. The number of benzene rings is 3. The van der Waals surface area contributed by atoms with E-state index in [1.807, 2.05) is 48.5 Å². The van der Waals surface area contributed by atoms with Crippen molar-refractivity contribution >= 4 is 5.97 Å². The van der Waals surface area contributed by atoms with E-state index < -0.39 is 5.97 Å². The Morgan fingerprint density at radius 2 is 1.52 bits per heavy atom. The van der Waals surface area contributed by atoms with E-state index in [9.17, 15) is 4.79 Å². The monoisotopic (exact) mass is 444 g/mol. The van der Waals surface area contributed by atoms with Gasteiger partial charge in [-0.2, -0.15) is 0 Å². The fourth-order valence-electron chi connectivity index (χ4n) is 3.98. The number of para-hydroxylation sites is 1. The Morgan fingerprint density at radius 1 is 0.818 bits per heavy atom. The molecule has 0 amide bonds. The van der Waals surface area contributed by atoms with Crippen molar-refractivity contribution in [3.63, 3.8) is 0 Å². The van der Waals surface area contributed by atoms with Gasteiger partial charge in [0.2, 0.25) is 0 Å². The summed E-state index contributed by atoms with van der Waals surface area (Å²) in [4.78, 5) is 12.9. The lowest BCUT2D eigenvalue weighted by Gasteiger charge is -2.17. The first kappa shape index (κ1) is 24.6. The molecule has 0 fully saturated rings. The molecule has 3 aromatic carbocycles. The average molecular weight is 445 g/mol. The fraction of sp³-hybridized carbons (Fsp3) is 0.367. The van der Waals surface area contributed by atoms with Crippen molar-refractivity contribution in [2.45, 2.75) is 71.3 Å². The number of ether oxygens (including phenoxy) is 2. The molecule has 0 heterocycles. The minimum Gasteiger partial charge on any atom is -0.490 e. The summed E-state index contributed by atoms with van der Waals surface area (Å²) in [5.41, 5.74) is 3.00. The zero-order chi connectivity index (χ0) is 23.5. The van der Waals surface area contributed by atoms with Crippen LogP contribution in [-0.4, -0.2) is 12.1 Å². The van der Waals surface area contributed by atoms with Gasteiger partial charge in [-0.3, -0.25) is 0 Å². The highest BCUT2D eigenvalue weighted by Gasteiger charge is 2.17. The van der Waals surface area contributed by atoms with Gasteiger partial charge in [0.1, 0.15) is 17.1 Å². The summed E-state index contributed by atoms with van der Waals surface area (Å²) >= 11 is 0. The smallest absolute Gasteiger partial charge is 0.347 e. The van der Waals surface area contributed by atoms with Crippen LogP contribution in [-0.2, 0) is 6.42 Å². The van der Waals surface area contributed by atoms with Crippen LogP contribution in [0.25, 0.3) is 0 Å². The second-order valence-corrected chi connectivity index (χ2v) is 8.82. The van der Waals surface area contributed by atoms with Crippen LogP contribution in [0, 0.1) is 0 Å². The van der Waals surface area contributed by atoms with Crippen molar-refractivity contribution in [1.82, 2.24) is 0 Å². The van der Waals surface area contributed by atoms with E-state index in [2.05, 4.69) is 45.0 Å². The maximum Gasteiger partial charge on any atom is 0.347 e. The molecule has 2 unspecified atom stereocenters. The summed E-state index contributed by atoms with van der Waals surface area (Å²) in [5, 5.41) is 0. The van der Waals surface area contributed by atoms with Crippen LogP contribution < -0.4 is 9.47 Å². The van der Waals surface area contributed by atoms with E-state index in [4.69, 9.17) is 9.47 Å². The molecule has 3 rings (SSSR count). The Labute approximate surface area is 198 Å². The number of esters is 1. The van der Waals surface area contributed by atoms with E-state index >= 15 is 0 Å². The highest BCUT2D eigenvalue weighted by Crippen LogP contribution is 2.25. The standard InChI is InChI=1S/C30H36O3/c1-4-5-6-8-13-24(3)32-29-17-12-11-16-28(29)30(31)33-27-20-18-25(19-21-27)22-23(2)26-14-9-7-10-15-26/h7,9-12,14-21,23-24H,4-6,8,13,22H2,1-3H3. The molecule has 0 aliphatic rings. The van der Waals surface area contributed by atoms with Crippen molar-refractivity contribution < 1.29 is 14.3 Å². The van der Waals surface area contributed by atoms with E-state index in [0.29, 0.717) is 23.0 Å². The zero-order valence-corrected chi connectivity index (χ0v) is 20.1. The predicted octanol–water partition coefficient (Wildman–Crippen LogP) is 7.99. The molecule has 3 aromatic rings. The Hall–Kier alpha value is -3.07. The Kier molecular flexibility index (Phi) is 9.56. The summed E-state index contributed by atoms with van der Waals surface area (Å²) in [6.07, 6.45) is 6.79. The van der Waals surface area contributed by atoms with Crippen LogP contribution in [0.15, 0.2) is 78.9 Å². The van der Waals surface area contributed by atoms with E-state index in [1.54, 1.807) is 6.07 Å². The van der Waals surface area contributed by atoms with Crippen LogP contribution in [0.2, 0.25) is 0 Å². The van der Waals surface area contributed by atoms with Crippen molar-refractivity contribution in [1.29, 1.82) is 0 Å². The molecule has 174 valence electrons. The summed E-state index contributed by atoms with van der Waals surface area (Å²) in [5.74, 6) is 1.15. The van der Waals surface area contributed by atoms with Crippen LogP contribution in [0.4, 0.5) is 0 Å². The highest BCUT2D eigenvalue weighted by molar-refractivity contribution is 5.94. The van der Waals surface area contributed by atoms with Crippen LogP contribution >= 0.6 is 0 Å². The first-order chi connectivity index (χ1) is 16.1. The third kappa shape index (κ3) is 7.78. The largest absolute Gasteiger partial charge is 0.490 e. The molecule has 0 aromatic heterocycles. The van der Waals surface area contributed by atoms with E-state index in [0.717, 1.165) is 19.3 Å². The number of unbranched alkanes of at least 4 members (excludes halogenated alkanes) is 3. The predicted molar refractivity (Wildman–Crippen MR) is 135 cm³/mol. The summed E-state index contributed by atoms with van der Waals surface area (Å²) in [6, 6.07) is 25.6. The zero-order valence-electron chi connectivity index (χ0n) is 20.1. The summed E-state index contributed by atoms with van der Waals surface area (Å²) in [6.45, 7) is 6.49. The SMILES string of the molecule is CCCCCCC(C)Oc1ccccc1C(=O)Oc1ccc(CC(C)c2ccccc2)cc1. The lowest BCUT2D eigenvalue weighted by molar-refractivity contribution is 0.0727. The highest BCUT2D eigenvalue weighted by atomic mass is 16.5. The molecule has 0 aliphatic heterocycles. The van der Waals surface area contributed by atoms with Gasteiger partial charge in [-0.05, 0) is 67.5 Å². The molecule has 0 spiro atoms. The lowest BCUT2D eigenvalue weighted by atomic mass is 9.94. The molecule has 0 aliphatic carbocycles. The number of carbonyl (C=O) groups is 1. The van der Waals surface area contributed by atoms with Gasteiger partial charge in [-0.15, -0.1) is 0 Å². The number of rotatable bonds is 12. The van der Waals surface area contributed by atoms with E-state index in [-0.39, 0.29) is 6.10 Å². The molecule has 3 nitrogen and oxygen atoms in total. The van der Waals surface area contributed by atoms with Crippen LogP contribution in [0.1, 0.15) is 80.3 Å². The topological polar surface area (TPSA) is 35.5 Å². The van der Waals surface area contributed by atoms with Gasteiger partial charge >= 0.3 is 5.97 Å². The van der Waals surface area contributed by atoms with Crippen molar-refractivity contribution in [3.8, 4) is 11.5 Å². The molecule has 0 saturated carbocycles. The van der Waals surface area contributed by atoms with Gasteiger partial charge in [0.05, 0.1) is 6.10 Å². The number of hydrogen-bond acceptors (Lipinski definition) is 3. The second kappa shape index (κ2) is 12.8. The minimum absolute atomic E-state index is 0.0571. The fourth-order valence-corrected chi connectivity index (χ4v) is 3.98. The molecule has 0 bridgehead atoms. The molecule has 0 saturated heterocycles. The Bertz CT molecular complexity index is 979. The number of hydrogen-bond donors (Lipinski definition) is 0. The van der Waals surface area contributed by atoms with Gasteiger partial charge in [0.25, 0.3) is 0 Å². The number of carbonyl (C=O) groups excluding carboxylic acids is 1. The van der Waals surface area contributed by atoms with Crippen molar-refractivity contribution in [2.24, 2.45) is 0 Å². The van der Waals surface area contributed by atoms with Gasteiger partial charge in [0, 0.05) is 0 Å². The van der Waals surface area contributed by atoms with Gasteiger partial charge in [-0.25, -0.2) is 4.79 Å². The van der Waals surface area contributed by atoms with Crippen molar-refractivity contribution in [2.75, 3.05) is 0 Å². The van der Waals surface area contributed by atoms with Gasteiger partial charge in [0.15, 0.2) is 0 Å². The molecule has 2 atom stereocenters. The molecule has 0 N–H and O–H groups in total.